The normalized spacial score (nSPS) is 17.3. The van der Waals surface area contributed by atoms with Crippen molar-refractivity contribution in [1.82, 2.24) is 5.32 Å². The average Bonchev–Trinajstić information content (AvgIpc) is 2.19. The average molecular weight is 205 g/mol. The van der Waals surface area contributed by atoms with E-state index in [2.05, 4.69) is 10.3 Å². The summed E-state index contributed by atoms with van der Waals surface area (Å²) in [6, 6.07) is 1.81. The second-order valence-electron chi connectivity index (χ2n) is 2.78. The molecule has 1 N–H and O–H groups in total. The number of aliphatic imine (C=N–C) groups is 1. The third kappa shape index (κ3) is 2.68. The Labute approximate surface area is 87.8 Å². The van der Waals surface area contributed by atoms with Crippen LogP contribution >= 0.6 is 0 Å². The predicted octanol–water partition coefficient (Wildman–Crippen LogP) is 0.862. The lowest BCUT2D eigenvalue weighted by atomic mass is 10.2. The lowest BCUT2D eigenvalue weighted by Crippen LogP contribution is -2.24. The highest BCUT2D eigenvalue weighted by Gasteiger charge is 2.16. The van der Waals surface area contributed by atoms with Crippen LogP contribution in [-0.2, 0) is 9.53 Å². The van der Waals surface area contributed by atoms with Gasteiger partial charge in [-0.3, -0.25) is 0 Å². The molecule has 0 aromatic carbocycles. The van der Waals surface area contributed by atoms with Gasteiger partial charge in [0.15, 0.2) is 5.57 Å². The van der Waals surface area contributed by atoms with Crippen LogP contribution in [0.1, 0.15) is 13.8 Å². The highest BCUT2D eigenvalue weighted by molar-refractivity contribution is 5.96. The number of esters is 1. The summed E-state index contributed by atoms with van der Waals surface area (Å²) < 4.78 is 4.75. The van der Waals surface area contributed by atoms with Gasteiger partial charge in [0.1, 0.15) is 11.9 Å². The minimum atomic E-state index is -0.623. The van der Waals surface area contributed by atoms with Crippen molar-refractivity contribution in [2.45, 2.75) is 13.8 Å². The standard InChI is InChI=1S/C10H11N3O2/c1-3-15-10(14)8(6-11)9-4-5-12-7(2)13-9/h4-5H,3H2,1-2H3,(H,12,13). The molecule has 0 radical (unpaired) electrons. The summed E-state index contributed by atoms with van der Waals surface area (Å²) >= 11 is 0. The van der Waals surface area contributed by atoms with Crippen LogP contribution in [0.15, 0.2) is 28.5 Å². The molecule has 5 heteroatoms. The molecule has 5 nitrogen and oxygen atoms in total. The first-order valence-corrected chi connectivity index (χ1v) is 4.48. The Hall–Kier alpha value is -2.09. The SMILES string of the molecule is CCOC(=O)C(C#N)=C1C=CN=C(C)N1. The van der Waals surface area contributed by atoms with Crippen molar-refractivity contribution in [3.05, 3.63) is 23.5 Å². The fraction of sp³-hybridized carbons (Fsp3) is 0.300. The number of allylic oxidation sites excluding steroid dienone is 1. The van der Waals surface area contributed by atoms with Crippen molar-refractivity contribution in [3.63, 3.8) is 0 Å². The van der Waals surface area contributed by atoms with Crippen molar-refractivity contribution in [2.75, 3.05) is 6.61 Å². The molecule has 78 valence electrons. The van der Waals surface area contributed by atoms with Crippen LogP contribution in [0.5, 0.6) is 0 Å². The van der Waals surface area contributed by atoms with Gasteiger partial charge in [-0.1, -0.05) is 0 Å². The van der Waals surface area contributed by atoms with Crippen LogP contribution in [0, 0.1) is 11.3 Å². The topological polar surface area (TPSA) is 74.5 Å². The first-order valence-electron chi connectivity index (χ1n) is 4.48. The van der Waals surface area contributed by atoms with Gasteiger partial charge in [0.25, 0.3) is 0 Å². The Morgan fingerprint density at radius 3 is 3.00 bits per heavy atom. The van der Waals surface area contributed by atoms with Crippen LogP contribution in [0.3, 0.4) is 0 Å². The molecule has 0 unspecified atom stereocenters. The molecule has 0 aromatic heterocycles. The first kappa shape index (κ1) is 11.0. The molecule has 1 aliphatic heterocycles. The van der Waals surface area contributed by atoms with E-state index >= 15 is 0 Å². The third-order valence-corrected chi connectivity index (χ3v) is 1.69. The molecule has 0 amide bonds. The lowest BCUT2D eigenvalue weighted by molar-refractivity contribution is -0.138. The monoisotopic (exact) mass is 205 g/mol. The highest BCUT2D eigenvalue weighted by atomic mass is 16.5. The van der Waals surface area contributed by atoms with Gasteiger partial charge in [0.05, 0.1) is 12.3 Å². The van der Waals surface area contributed by atoms with E-state index in [0.29, 0.717) is 11.5 Å². The lowest BCUT2D eigenvalue weighted by Gasteiger charge is -2.11. The molecule has 0 atom stereocenters. The number of nitriles is 1. The highest BCUT2D eigenvalue weighted by Crippen LogP contribution is 2.08. The van der Waals surface area contributed by atoms with E-state index < -0.39 is 5.97 Å². The van der Waals surface area contributed by atoms with E-state index in [-0.39, 0.29) is 12.2 Å². The largest absolute Gasteiger partial charge is 0.462 e. The summed E-state index contributed by atoms with van der Waals surface area (Å²) in [5.41, 5.74) is 0.380. The maximum Gasteiger partial charge on any atom is 0.351 e. The Morgan fingerprint density at radius 2 is 2.47 bits per heavy atom. The first-order chi connectivity index (χ1) is 7.19. The molecule has 0 aliphatic carbocycles. The number of rotatable bonds is 2. The Balaban J connectivity index is 2.96. The maximum absolute atomic E-state index is 11.4. The van der Waals surface area contributed by atoms with Gasteiger partial charge >= 0.3 is 5.97 Å². The van der Waals surface area contributed by atoms with Crippen molar-refractivity contribution < 1.29 is 9.53 Å². The number of hydrogen-bond donors (Lipinski definition) is 1. The maximum atomic E-state index is 11.4. The third-order valence-electron chi connectivity index (χ3n) is 1.69. The molecule has 0 spiro atoms. The van der Waals surface area contributed by atoms with E-state index in [1.54, 1.807) is 19.9 Å². The van der Waals surface area contributed by atoms with Crippen molar-refractivity contribution in [3.8, 4) is 6.07 Å². The molecule has 1 rings (SSSR count). The van der Waals surface area contributed by atoms with Crippen LogP contribution in [0.2, 0.25) is 0 Å². The Bertz CT molecular complexity index is 399. The van der Waals surface area contributed by atoms with E-state index in [1.807, 2.05) is 6.07 Å². The van der Waals surface area contributed by atoms with E-state index in [9.17, 15) is 4.79 Å². The van der Waals surface area contributed by atoms with Crippen LogP contribution in [0.25, 0.3) is 0 Å². The van der Waals surface area contributed by atoms with Crippen LogP contribution < -0.4 is 5.32 Å². The van der Waals surface area contributed by atoms with Crippen molar-refractivity contribution in [2.24, 2.45) is 4.99 Å². The fourth-order valence-electron chi connectivity index (χ4n) is 1.06. The summed E-state index contributed by atoms with van der Waals surface area (Å²) in [7, 11) is 0. The zero-order valence-corrected chi connectivity index (χ0v) is 8.57. The van der Waals surface area contributed by atoms with Gasteiger partial charge in [0, 0.05) is 6.20 Å². The summed E-state index contributed by atoms with van der Waals surface area (Å²) in [5, 5.41) is 11.7. The van der Waals surface area contributed by atoms with Gasteiger partial charge in [-0.2, -0.15) is 5.26 Å². The van der Waals surface area contributed by atoms with Gasteiger partial charge in [-0.05, 0) is 19.9 Å². The van der Waals surface area contributed by atoms with E-state index in [4.69, 9.17) is 10.00 Å². The van der Waals surface area contributed by atoms with Crippen LogP contribution in [0.4, 0.5) is 0 Å². The minimum Gasteiger partial charge on any atom is -0.462 e. The molecule has 1 heterocycles. The number of nitrogens with one attached hydrogen (secondary N) is 1. The summed E-state index contributed by atoms with van der Waals surface area (Å²) in [4.78, 5) is 15.3. The molecule has 15 heavy (non-hydrogen) atoms. The fourth-order valence-corrected chi connectivity index (χ4v) is 1.06. The molecule has 1 aliphatic rings. The molecule has 0 fully saturated rings. The number of ether oxygens (including phenoxy) is 1. The summed E-state index contributed by atoms with van der Waals surface area (Å²) in [6.07, 6.45) is 3.08. The van der Waals surface area contributed by atoms with Crippen LogP contribution in [-0.4, -0.2) is 18.4 Å². The van der Waals surface area contributed by atoms with Gasteiger partial charge in [-0.25, -0.2) is 9.79 Å². The zero-order valence-electron chi connectivity index (χ0n) is 8.57. The second-order valence-corrected chi connectivity index (χ2v) is 2.78. The summed E-state index contributed by atoms with van der Waals surface area (Å²) in [5.74, 6) is 0.00592. The molecule has 0 saturated carbocycles. The molecular formula is C10H11N3O2. The Kier molecular flexibility index (Phi) is 3.63. The summed E-state index contributed by atoms with van der Waals surface area (Å²) in [6.45, 7) is 3.67. The van der Waals surface area contributed by atoms with Gasteiger partial charge < -0.3 is 10.1 Å². The van der Waals surface area contributed by atoms with E-state index in [1.165, 1.54) is 6.20 Å². The quantitative estimate of drug-likeness (QED) is 0.412. The molecule has 0 aromatic rings. The second kappa shape index (κ2) is 4.96. The molecular weight excluding hydrogens is 194 g/mol. The number of hydrogen-bond acceptors (Lipinski definition) is 5. The number of nitrogens with zero attached hydrogens (tertiary/aromatic N) is 2. The van der Waals surface area contributed by atoms with Gasteiger partial charge in [0.2, 0.25) is 0 Å². The van der Waals surface area contributed by atoms with Crippen molar-refractivity contribution in [1.29, 1.82) is 5.26 Å². The Morgan fingerprint density at radius 1 is 1.73 bits per heavy atom. The zero-order chi connectivity index (χ0) is 11.3. The number of amidine groups is 1. The minimum absolute atomic E-state index is 0.0395. The van der Waals surface area contributed by atoms with E-state index in [0.717, 1.165) is 0 Å². The number of carbonyl (C=O) groups is 1. The number of carbonyl (C=O) groups excluding carboxylic acids is 1. The smallest absolute Gasteiger partial charge is 0.351 e. The van der Waals surface area contributed by atoms with Crippen molar-refractivity contribution >= 4 is 11.8 Å². The predicted molar refractivity (Wildman–Crippen MR) is 54.7 cm³/mol. The molecule has 0 bridgehead atoms. The molecule has 0 saturated heterocycles. The van der Waals surface area contributed by atoms with Gasteiger partial charge in [-0.15, -0.1) is 0 Å².